The third-order valence-corrected chi connectivity index (χ3v) is 4.79. The Bertz CT molecular complexity index is 796. The highest BCUT2D eigenvalue weighted by atomic mass is 19.1. The van der Waals surface area contributed by atoms with Gasteiger partial charge in [-0.05, 0) is 25.1 Å². The zero-order valence-corrected chi connectivity index (χ0v) is 15.2. The zero-order valence-electron chi connectivity index (χ0n) is 15.2. The van der Waals surface area contributed by atoms with Crippen molar-refractivity contribution in [2.75, 3.05) is 32.2 Å². The highest BCUT2D eigenvalue weighted by Gasteiger charge is 2.33. The van der Waals surface area contributed by atoms with E-state index in [0.29, 0.717) is 36.7 Å². The fourth-order valence-electron chi connectivity index (χ4n) is 3.22. The predicted octanol–water partition coefficient (Wildman–Crippen LogP) is 3.08. The van der Waals surface area contributed by atoms with E-state index < -0.39 is 0 Å². The fraction of sp³-hybridized carbons (Fsp3) is 0.350. The molecule has 1 heterocycles. The average Bonchev–Trinajstić information content (AvgIpc) is 2.67. The molecule has 1 amide bonds. The smallest absolute Gasteiger partial charge is 0.244 e. The van der Waals surface area contributed by atoms with Crippen LogP contribution in [0.3, 0.4) is 0 Å². The third-order valence-electron chi connectivity index (χ3n) is 4.79. The maximum atomic E-state index is 13.9. The lowest BCUT2D eigenvalue weighted by Crippen LogP contribution is -2.55. The molecule has 0 radical (unpaired) electrons. The van der Waals surface area contributed by atoms with E-state index in [1.54, 1.807) is 37.3 Å². The molecule has 1 aliphatic rings. The first-order valence-corrected chi connectivity index (χ1v) is 8.56. The Labute approximate surface area is 152 Å². The van der Waals surface area contributed by atoms with Crippen molar-refractivity contribution in [3.8, 4) is 11.5 Å². The number of rotatable bonds is 5. The number of hydrogen-bond donors (Lipinski definition) is 0. The summed E-state index contributed by atoms with van der Waals surface area (Å²) in [5.41, 5.74) is 1.32. The molecule has 1 saturated heterocycles. The van der Waals surface area contributed by atoms with Crippen molar-refractivity contribution < 1.29 is 18.7 Å². The minimum Gasteiger partial charge on any atom is -0.497 e. The Morgan fingerprint density at radius 3 is 2.58 bits per heavy atom. The topological polar surface area (TPSA) is 42.0 Å². The van der Waals surface area contributed by atoms with Crippen LogP contribution in [0.5, 0.6) is 11.5 Å². The summed E-state index contributed by atoms with van der Waals surface area (Å²) in [5, 5.41) is 0. The number of nitrogens with zero attached hydrogens (tertiary/aromatic N) is 2. The van der Waals surface area contributed by atoms with E-state index in [1.807, 2.05) is 30.0 Å². The van der Waals surface area contributed by atoms with E-state index in [1.165, 1.54) is 6.07 Å². The van der Waals surface area contributed by atoms with E-state index in [9.17, 15) is 9.18 Å². The number of ether oxygens (including phenoxy) is 2. The molecule has 1 aliphatic heterocycles. The first-order valence-electron chi connectivity index (χ1n) is 8.56. The second-order valence-corrected chi connectivity index (χ2v) is 6.27. The molecule has 0 spiro atoms. The Hall–Kier alpha value is -2.60. The molecule has 0 N–H and O–H groups in total. The monoisotopic (exact) mass is 358 g/mol. The van der Waals surface area contributed by atoms with E-state index in [4.69, 9.17) is 9.47 Å². The molecule has 0 bridgehead atoms. The van der Waals surface area contributed by atoms with Gasteiger partial charge in [0.2, 0.25) is 5.91 Å². The zero-order chi connectivity index (χ0) is 18.7. The number of halogens is 1. The van der Waals surface area contributed by atoms with Crippen LogP contribution >= 0.6 is 0 Å². The Morgan fingerprint density at radius 2 is 1.88 bits per heavy atom. The predicted molar refractivity (Wildman–Crippen MR) is 98.2 cm³/mol. The molecule has 138 valence electrons. The average molecular weight is 358 g/mol. The molecule has 2 aromatic rings. The first-order chi connectivity index (χ1) is 12.5. The molecule has 5 nitrogen and oxygen atoms in total. The van der Waals surface area contributed by atoms with Gasteiger partial charge >= 0.3 is 0 Å². The van der Waals surface area contributed by atoms with Crippen LogP contribution in [0, 0.1) is 5.82 Å². The molecule has 6 heteroatoms. The van der Waals surface area contributed by atoms with Gasteiger partial charge in [-0.2, -0.15) is 0 Å². The van der Waals surface area contributed by atoms with Crippen molar-refractivity contribution in [3.63, 3.8) is 0 Å². The molecular weight excluding hydrogens is 335 g/mol. The van der Waals surface area contributed by atoms with Gasteiger partial charge in [-0.15, -0.1) is 0 Å². The Balaban J connectivity index is 1.79. The van der Waals surface area contributed by atoms with Crippen LogP contribution in [0.2, 0.25) is 0 Å². The molecule has 2 aromatic carbocycles. The SMILES string of the molecule is COc1ccc(N2CCN(Cc3ccccc3F)[C@@H](C)C2=O)c(OC)c1. The van der Waals surface area contributed by atoms with E-state index in [-0.39, 0.29) is 17.8 Å². The van der Waals surface area contributed by atoms with Crippen LogP contribution in [0.1, 0.15) is 12.5 Å². The lowest BCUT2D eigenvalue weighted by Gasteiger charge is -2.39. The van der Waals surface area contributed by atoms with Crippen molar-refractivity contribution in [3.05, 3.63) is 53.8 Å². The number of hydrogen-bond acceptors (Lipinski definition) is 4. The number of carbonyl (C=O) groups excluding carboxylic acids is 1. The van der Waals surface area contributed by atoms with E-state index >= 15 is 0 Å². The minimum absolute atomic E-state index is 0.0314. The third kappa shape index (κ3) is 3.51. The highest BCUT2D eigenvalue weighted by Crippen LogP contribution is 2.34. The van der Waals surface area contributed by atoms with Crippen molar-refractivity contribution in [1.29, 1.82) is 0 Å². The standard InChI is InChI=1S/C20H23FN2O3/c1-14-20(24)23(18-9-8-16(25-2)12-19(18)26-3)11-10-22(14)13-15-6-4-5-7-17(15)21/h4-9,12,14H,10-11,13H2,1-3H3/t14-/m0/s1. The second kappa shape index (κ2) is 7.74. The number of piperazine rings is 1. The van der Waals surface area contributed by atoms with Crippen LogP contribution in [0.4, 0.5) is 10.1 Å². The molecular formula is C20H23FN2O3. The summed E-state index contributed by atoms with van der Waals surface area (Å²) in [6, 6.07) is 11.7. The van der Waals surface area contributed by atoms with E-state index in [0.717, 1.165) is 5.69 Å². The van der Waals surface area contributed by atoms with Gasteiger partial charge in [-0.1, -0.05) is 18.2 Å². The van der Waals surface area contributed by atoms with Crippen LogP contribution in [-0.2, 0) is 11.3 Å². The molecule has 1 atom stereocenters. The summed E-state index contributed by atoms with van der Waals surface area (Å²) in [6.07, 6.45) is 0. The number of benzene rings is 2. The molecule has 3 rings (SSSR count). The summed E-state index contributed by atoms with van der Waals surface area (Å²) in [4.78, 5) is 16.7. The Kier molecular flexibility index (Phi) is 5.42. The summed E-state index contributed by atoms with van der Waals surface area (Å²) in [5.74, 6) is 0.985. The normalized spacial score (nSPS) is 18.1. The maximum absolute atomic E-state index is 13.9. The first kappa shape index (κ1) is 18.2. The van der Waals surface area contributed by atoms with Gasteiger partial charge in [0.15, 0.2) is 0 Å². The fourth-order valence-corrected chi connectivity index (χ4v) is 3.22. The van der Waals surface area contributed by atoms with Crippen molar-refractivity contribution in [1.82, 2.24) is 4.90 Å². The summed E-state index contributed by atoms with van der Waals surface area (Å²) >= 11 is 0. The van der Waals surface area contributed by atoms with Crippen molar-refractivity contribution >= 4 is 11.6 Å². The Morgan fingerprint density at radius 1 is 1.12 bits per heavy atom. The molecule has 0 aliphatic carbocycles. The van der Waals surface area contributed by atoms with Gasteiger partial charge in [0.1, 0.15) is 17.3 Å². The van der Waals surface area contributed by atoms with Crippen LogP contribution < -0.4 is 14.4 Å². The van der Waals surface area contributed by atoms with Gasteiger partial charge < -0.3 is 14.4 Å². The van der Waals surface area contributed by atoms with Crippen LogP contribution in [-0.4, -0.2) is 44.2 Å². The van der Waals surface area contributed by atoms with Crippen molar-refractivity contribution in [2.45, 2.75) is 19.5 Å². The van der Waals surface area contributed by atoms with Crippen LogP contribution in [0.25, 0.3) is 0 Å². The molecule has 0 aromatic heterocycles. The maximum Gasteiger partial charge on any atom is 0.244 e. The van der Waals surface area contributed by atoms with Gasteiger partial charge in [0.25, 0.3) is 0 Å². The minimum atomic E-state index is -0.352. The largest absolute Gasteiger partial charge is 0.497 e. The summed E-state index contributed by atoms with van der Waals surface area (Å²) in [6.45, 7) is 3.43. The number of methoxy groups -OCH3 is 2. The highest BCUT2D eigenvalue weighted by molar-refractivity contribution is 5.99. The molecule has 0 unspecified atom stereocenters. The molecule has 1 fully saturated rings. The summed E-state index contributed by atoms with van der Waals surface area (Å²) in [7, 11) is 3.16. The molecule has 26 heavy (non-hydrogen) atoms. The van der Waals surface area contributed by atoms with Gasteiger partial charge in [0, 0.05) is 31.3 Å². The van der Waals surface area contributed by atoms with Gasteiger partial charge in [0.05, 0.1) is 25.9 Å². The lowest BCUT2D eigenvalue weighted by molar-refractivity contribution is -0.125. The van der Waals surface area contributed by atoms with Gasteiger partial charge in [-0.3, -0.25) is 9.69 Å². The summed E-state index contributed by atoms with van der Waals surface area (Å²) < 4.78 is 24.6. The second-order valence-electron chi connectivity index (χ2n) is 6.27. The number of carbonyl (C=O) groups is 1. The number of anilines is 1. The molecule has 0 saturated carbocycles. The van der Waals surface area contributed by atoms with Crippen molar-refractivity contribution in [2.24, 2.45) is 0 Å². The lowest BCUT2D eigenvalue weighted by atomic mass is 10.1. The van der Waals surface area contributed by atoms with E-state index in [2.05, 4.69) is 0 Å². The quantitative estimate of drug-likeness (QED) is 0.824. The number of amides is 1. The van der Waals surface area contributed by atoms with Gasteiger partial charge in [-0.25, -0.2) is 4.39 Å². The van der Waals surface area contributed by atoms with Crippen LogP contribution in [0.15, 0.2) is 42.5 Å².